The number of piperidine rings is 1. The van der Waals surface area contributed by atoms with Gasteiger partial charge in [0.1, 0.15) is 0 Å². The first-order valence-corrected chi connectivity index (χ1v) is 8.46. The van der Waals surface area contributed by atoms with Crippen LogP contribution in [0.5, 0.6) is 0 Å². The van der Waals surface area contributed by atoms with Gasteiger partial charge in [-0.2, -0.15) is 0 Å². The Bertz CT molecular complexity index is 327. The largest absolute Gasteiger partial charge is 0.377 e. The summed E-state index contributed by atoms with van der Waals surface area (Å²) in [6, 6.07) is -0.363. The molecular weight excluding hydrogens is 302 g/mol. The van der Waals surface area contributed by atoms with Gasteiger partial charge < -0.3 is 20.3 Å². The molecular formula is C16H32ClN3O2. The van der Waals surface area contributed by atoms with E-state index in [1.54, 1.807) is 0 Å². The van der Waals surface area contributed by atoms with Gasteiger partial charge in [0.2, 0.25) is 5.91 Å². The number of carbonyl (C=O) groups excluding carboxylic acids is 1. The zero-order valence-electron chi connectivity index (χ0n) is 14.0. The molecule has 0 radical (unpaired) electrons. The fourth-order valence-corrected chi connectivity index (χ4v) is 3.09. The fourth-order valence-electron chi connectivity index (χ4n) is 3.09. The summed E-state index contributed by atoms with van der Waals surface area (Å²) in [5.74, 6) is 0.299. The Labute approximate surface area is 140 Å². The molecule has 5 nitrogen and oxygen atoms in total. The molecule has 2 rings (SSSR count). The highest BCUT2D eigenvalue weighted by Gasteiger charge is 2.28. The number of hydrogen-bond acceptors (Lipinski definition) is 4. The van der Waals surface area contributed by atoms with Crippen molar-refractivity contribution in [2.45, 2.75) is 51.7 Å². The summed E-state index contributed by atoms with van der Waals surface area (Å²) in [6.07, 6.45) is 4.85. The molecule has 2 N–H and O–H groups in total. The molecule has 0 aromatic heterocycles. The third-order valence-corrected chi connectivity index (χ3v) is 4.72. The summed E-state index contributed by atoms with van der Waals surface area (Å²) in [5.41, 5.74) is 5.95. The van der Waals surface area contributed by atoms with E-state index >= 15 is 0 Å². The molecule has 0 saturated carbocycles. The van der Waals surface area contributed by atoms with Gasteiger partial charge in [-0.3, -0.25) is 4.79 Å². The lowest BCUT2D eigenvalue weighted by molar-refractivity contribution is -0.136. The average molecular weight is 334 g/mol. The van der Waals surface area contributed by atoms with Crippen LogP contribution < -0.4 is 5.73 Å². The average Bonchev–Trinajstić information content (AvgIpc) is 2.99. The van der Waals surface area contributed by atoms with Crippen molar-refractivity contribution >= 4 is 18.3 Å². The van der Waals surface area contributed by atoms with Crippen LogP contribution in [0.4, 0.5) is 0 Å². The van der Waals surface area contributed by atoms with Gasteiger partial charge in [-0.1, -0.05) is 13.8 Å². The van der Waals surface area contributed by atoms with Crippen molar-refractivity contribution in [1.29, 1.82) is 0 Å². The van der Waals surface area contributed by atoms with E-state index in [9.17, 15) is 4.79 Å². The Balaban J connectivity index is 0.00000242. The minimum Gasteiger partial charge on any atom is -0.377 e. The van der Waals surface area contributed by atoms with E-state index in [1.165, 1.54) is 25.9 Å². The molecule has 0 bridgehead atoms. The summed E-state index contributed by atoms with van der Waals surface area (Å²) in [4.78, 5) is 16.6. The van der Waals surface area contributed by atoms with Crippen molar-refractivity contribution in [3.63, 3.8) is 0 Å². The summed E-state index contributed by atoms with van der Waals surface area (Å²) in [7, 11) is 0. The summed E-state index contributed by atoms with van der Waals surface area (Å²) in [6.45, 7) is 9.89. The Morgan fingerprint density at radius 3 is 2.32 bits per heavy atom. The van der Waals surface area contributed by atoms with Crippen LogP contribution in [0.3, 0.4) is 0 Å². The summed E-state index contributed by atoms with van der Waals surface area (Å²) >= 11 is 0. The maximum Gasteiger partial charge on any atom is 0.239 e. The van der Waals surface area contributed by atoms with E-state index in [2.05, 4.69) is 4.90 Å². The number of halogens is 1. The van der Waals surface area contributed by atoms with Gasteiger partial charge in [-0.15, -0.1) is 12.4 Å². The second kappa shape index (κ2) is 9.71. The van der Waals surface area contributed by atoms with Crippen molar-refractivity contribution < 1.29 is 9.53 Å². The van der Waals surface area contributed by atoms with E-state index < -0.39 is 0 Å². The molecule has 2 aliphatic rings. The van der Waals surface area contributed by atoms with E-state index in [1.807, 2.05) is 18.7 Å². The number of hydrogen-bond donors (Lipinski definition) is 1. The fraction of sp³-hybridized carbons (Fsp3) is 0.938. The summed E-state index contributed by atoms with van der Waals surface area (Å²) in [5, 5.41) is 0. The third kappa shape index (κ3) is 5.69. The summed E-state index contributed by atoms with van der Waals surface area (Å²) < 4.78 is 5.97. The molecule has 2 aliphatic heterocycles. The standard InChI is InChI=1S/C16H31N3O2.ClH/c1-13(2)15(17)16(20)19-9-5-14(6-10-19)21-12-11-18-7-3-4-8-18;/h13-15H,3-12,17H2,1-2H3;1H/t15-;/m0./s1. The van der Waals surface area contributed by atoms with E-state index in [4.69, 9.17) is 10.5 Å². The molecule has 1 amide bonds. The van der Waals surface area contributed by atoms with Crippen LogP contribution in [-0.4, -0.2) is 67.2 Å². The van der Waals surface area contributed by atoms with Gasteiger partial charge in [0.05, 0.1) is 18.8 Å². The van der Waals surface area contributed by atoms with Gasteiger partial charge in [0.15, 0.2) is 0 Å². The molecule has 6 heteroatoms. The molecule has 2 heterocycles. The Hall–Kier alpha value is -0.360. The lowest BCUT2D eigenvalue weighted by Gasteiger charge is -2.34. The van der Waals surface area contributed by atoms with Crippen LogP contribution in [0, 0.1) is 5.92 Å². The van der Waals surface area contributed by atoms with Gasteiger partial charge in [-0.25, -0.2) is 0 Å². The van der Waals surface area contributed by atoms with E-state index in [-0.39, 0.29) is 30.3 Å². The number of ether oxygens (including phenoxy) is 1. The van der Waals surface area contributed by atoms with Crippen LogP contribution >= 0.6 is 12.4 Å². The quantitative estimate of drug-likeness (QED) is 0.800. The highest BCUT2D eigenvalue weighted by atomic mass is 35.5. The van der Waals surface area contributed by atoms with Crippen LogP contribution in [0.25, 0.3) is 0 Å². The van der Waals surface area contributed by atoms with Crippen molar-refractivity contribution in [3.05, 3.63) is 0 Å². The highest BCUT2D eigenvalue weighted by molar-refractivity contribution is 5.85. The zero-order chi connectivity index (χ0) is 15.2. The second-order valence-electron chi connectivity index (χ2n) is 6.71. The molecule has 22 heavy (non-hydrogen) atoms. The van der Waals surface area contributed by atoms with Gasteiger partial charge in [0.25, 0.3) is 0 Å². The van der Waals surface area contributed by atoms with Gasteiger partial charge in [0, 0.05) is 19.6 Å². The number of carbonyl (C=O) groups is 1. The van der Waals surface area contributed by atoms with E-state index in [0.717, 1.165) is 39.1 Å². The smallest absolute Gasteiger partial charge is 0.239 e. The minimum absolute atomic E-state index is 0. The van der Waals surface area contributed by atoms with Crippen LogP contribution in [0.1, 0.15) is 39.5 Å². The lowest BCUT2D eigenvalue weighted by Crippen LogP contribution is -2.50. The molecule has 130 valence electrons. The molecule has 2 saturated heterocycles. The predicted molar refractivity (Wildman–Crippen MR) is 91.3 cm³/mol. The Morgan fingerprint density at radius 1 is 1.18 bits per heavy atom. The first kappa shape index (κ1) is 19.7. The SMILES string of the molecule is CC(C)[C@H](N)C(=O)N1CCC(OCCN2CCCC2)CC1.Cl. The second-order valence-corrected chi connectivity index (χ2v) is 6.71. The molecule has 0 aromatic rings. The van der Waals surface area contributed by atoms with Crippen molar-refractivity contribution in [1.82, 2.24) is 9.80 Å². The molecule has 0 aliphatic carbocycles. The predicted octanol–water partition coefficient (Wildman–Crippen LogP) is 1.49. The number of nitrogens with two attached hydrogens (primary N) is 1. The van der Waals surface area contributed by atoms with Gasteiger partial charge in [-0.05, 0) is 44.7 Å². The lowest BCUT2D eigenvalue weighted by atomic mass is 10.0. The Kier molecular flexibility index (Phi) is 8.69. The van der Waals surface area contributed by atoms with Crippen molar-refractivity contribution in [2.75, 3.05) is 39.3 Å². The maximum atomic E-state index is 12.2. The van der Waals surface area contributed by atoms with Crippen molar-refractivity contribution in [3.8, 4) is 0 Å². The number of likely N-dealkylation sites (tertiary alicyclic amines) is 2. The molecule has 0 spiro atoms. The monoisotopic (exact) mass is 333 g/mol. The number of nitrogens with zero attached hydrogens (tertiary/aromatic N) is 2. The highest BCUT2D eigenvalue weighted by Crippen LogP contribution is 2.16. The Morgan fingerprint density at radius 2 is 1.77 bits per heavy atom. The van der Waals surface area contributed by atoms with Crippen LogP contribution in [-0.2, 0) is 9.53 Å². The number of amides is 1. The first-order chi connectivity index (χ1) is 10.1. The van der Waals surface area contributed by atoms with E-state index in [0.29, 0.717) is 6.10 Å². The van der Waals surface area contributed by atoms with Gasteiger partial charge >= 0.3 is 0 Å². The number of rotatable bonds is 6. The molecule has 1 atom stereocenters. The first-order valence-electron chi connectivity index (χ1n) is 8.46. The third-order valence-electron chi connectivity index (χ3n) is 4.72. The molecule has 0 aromatic carbocycles. The van der Waals surface area contributed by atoms with Crippen LogP contribution in [0.15, 0.2) is 0 Å². The topological polar surface area (TPSA) is 58.8 Å². The van der Waals surface area contributed by atoms with Crippen LogP contribution in [0.2, 0.25) is 0 Å². The molecule has 2 fully saturated rings. The maximum absolute atomic E-state index is 12.2. The molecule has 0 unspecified atom stereocenters. The van der Waals surface area contributed by atoms with Crippen molar-refractivity contribution in [2.24, 2.45) is 11.7 Å². The minimum atomic E-state index is -0.363. The zero-order valence-corrected chi connectivity index (χ0v) is 14.8. The normalized spacial score (nSPS) is 21.9.